The standard InChI is InChI=1S/C16H23NO/c1-3-9-17-15(16(2)7-8-16)13-4-5-14-12(11-13)6-10-18-14/h4-5,11,15,17H,3,6-10H2,1-2H3. The van der Waals surface area contributed by atoms with E-state index in [-0.39, 0.29) is 0 Å². The predicted octanol–water partition coefficient (Wildman–Crippen LogP) is 3.46. The fourth-order valence-corrected chi connectivity index (χ4v) is 2.93. The van der Waals surface area contributed by atoms with E-state index in [1.54, 1.807) is 0 Å². The van der Waals surface area contributed by atoms with Crippen LogP contribution in [0, 0.1) is 5.41 Å². The first-order chi connectivity index (χ1) is 8.73. The maximum atomic E-state index is 5.60. The van der Waals surface area contributed by atoms with Gasteiger partial charge in [0.15, 0.2) is 0 Å². The Bertz CT molecular complexity index is 437. The number of nitrogens with one attached hydrogen (secondary N) is 1. The third-order valence-electron chi connectivity index (χ3n) is 4.38. The van der Waals surface area contributed by atoms with Gasteiger partial charge >= 0.3 is 0 Å². The SMILES string of the molecule is CCCNC(c1ccc2c(c1)CCO2)C1(C)CC1. The van der Waals surface area contributed by atoms with Crippen molar-refractivity contribution < 1.29 is 4.74 Å². The molecule has 1 unspecified atom stereocenters. The predicted molar refractivity (Wildman–Crippen MR) is 74.0 cm³/mol. The molecule has 2 heteroatoms. The Balaban J connectivity index is 1.85. The van der Waals surface area contributed by atoms with Crippen LogP contribution in [-0.2, 0) is 6.42 Å². The van der Waals surface area contributed by atoms with Crippen LogP contribution >= 0.6 is 0 Å². The lowest BCUT2D eigenvalue weighted by molar-refractivity contribution is 0.355. The largest absolute Gasteiger partial charge is 0.493 e. The maximum Gasteiger partial charge on any atom is 0.122 e. The first-order valence-corrected chi connectivity index (χ1v) is 7.22. The van der Waals surface area contributed by atoms with Crippen LogP contribution in [-0.4, -0.2) is 13.2 Å². The van der Waals surface area contributed by atoms with E-state index in [1.165, 1.54) is 30.4 Å². The normalized spacial score (nSPS) is 21.2. The maximum absolute atomic E-state index is 5.60. The second-order valence-electron chi connectivity index (χ2n) is 6.01. The molecule has 1 aliphatic heterocycles. The topological polar surface area (TPSA) is 21.3 Å². The molecule has 1 aromatic carbocycles. The molecule has 1 atom stereocenters. The number of benzene rings is 1. The van der Waals surface area contributed by atoms with E-state index in [0.29, 0.717) is 11.5 Å². The van der Waals surface area contributed by atoms with Crippen molar-refractivity contribution in [2.75, 3.05) is 13.2 Å². The second kappa shape index (κ2) is 4.58. The van der Waals surface area contributed by atoms with Crippen LogP contribution in [0.15, 0.2) is 18.2 Å². The Hall–Kier alpha value is -1.02. The molecule has 0 amide bonds. The van der Waals surface area contributed by atoms with Crippen LogP contribution in [0.5, 0.6) is 5.75 Å². The fourth-order valence-electron chi connectivity index (χ4n) is 2.93. The lowest BCUT2D eigenvalue weighted by atomic mass is 9.90. The molecule has 98 valence electrons. The average Bonchev–Trinajstić information content (AvgIpc) is 2.93. The van der Waals surface area contributed by atoms with Crippen LogP contribution in [0.25, 0.3) is 0 Å². The number of fused-ring (bicyclic) bond motifs is 1. The first kappa shape index (κ1) is 12.0. The van der Waals surface area contributed by atoms with Crippen molar-refractivity contribution in [1.82, 2.24) is 5.32 Å². The van der Waals surface area contributed by atoms with Crippen molar-refractivity contribution in [2.45, 2.75) is 45.6 Å². The molecule has 1 saturated carbocycles. The van der Waals surface area contributed by atoms with Crippen LogP contribution in [0.2, 0.25) is 0 Å². The summed E-state index contributed by atoms with van der Waals surface area (Å²) in [6, 6.07) is 7.29. The van der Waals surface area contributed by atoms with Gasteiger partial charge in [0.2, 0.25) is 0 Å². The van der Waals surface area contributed by atoms with Gasteiger partial charge in [-0.25, -0.2) is 0 Å². The summed E-state index contributed by atoms with van der Waals surface area (Å²) < 4.78 is 5.60. The molecular formula is C16H23NO. The minimum Gasteiger partial charge on any atom is -0.493 e. The number of ether oxygens (including phenoxy) is 1. The van der Waals surface area contributed by atoms with E-state index >= 15 is 0 Å². The molecule has 1 aliphatic carbocycles. The molecule has 2 aliphatic rings. The van der Waals surface area contributed by atoms with Gasteiger partial charge in [-0.05, 0) is 48.4 Å². The van der Waals surface area contributed by atoms with Crippen LogP contribution in [0.1, 0.15) is 50.3 Å². The van der Waals surface area contributed by atoms with E-state index in [2.05, 4.69) is 37.4 Å². The minimum atomic E-state index is 0.475. The molecule has 0 bridgehead atoms. The summed E-state index contributed by atoms with van der Waals surface area (Å²) in [4.78, 5) is 0. The van der Waals surface area contributed by atoms with Crippen molar-refractivity contribution in [3.8, 4) is 5.75 Å². The van der Waals surface area contributed by atoms with E-state index in [1.807, 2.05) is 0 Å². The summed E-state index contributed by atoms with van der Waals surface area (Å²) in [6.45, 7) is 6.59. The van der Waals surface area contributed by atoms with Gasteiger partial charge in [-0.3, -0.25) is 0 Å². The van der Waals surface area contributed by atoms with Gasteiger partial charge in [0.1, 0.15) is 5.75 Å². The third kappa shape index (κ3) is 2.14. The Kier molecular flexibility index (Phi) is 3.06. The smallest absolute Gasteiger partial charge is 0.122 e. The lowest BCUT2D eigenvalue weighted by Crippen LogP contribution is -2.28. The van der Waals surface area contributed by atoms with Crippen molar-refractivity contribution in [2.24, 2.45) is 5.41 Å². The summed E-state index contributed by atoms with van der Waals surface area (Å²) in [5.41, 5.74) is 3.32. The van der Waals surface area contributed by atoms with Gasteiger partial charge in [-0.1, -0.05) is 26.0 Å². The average molecular weight is 245 g/mol. The molecule has 0 saturated heterocycles. The fraction of sp³-hybridized carbons (Fsp3) is 0.625. The van der Waals surface area contributed by atoms with Gasteiger partial charge in [0.25, 0.3) is 0 Å². The second-order valence-corrected chi connectivity index (χ2v) is 6.01. The quantitative estimate of drug-likeness (QED) is 0.857. The molecule has 0 spiro atoms. The summed E-state index contributed by atoms with van der Waals surface area (Å²) in [6.07, 6.45) is 4.96. The van der Waals surface area contributed by atoms with E-state index < -0.39 is 0 Å². The summed E-state index contributed by atoms with van der Waals surface area (Å²) in [5.74, 6) is 1.09. The van der Waals surface area contributed by atoms with Gasteiger partial charge < -0.3 is 10.1 Å². The Morgan fingerprint density at radius 2 is 2.22 bits per heavy atom. The third-order valence-corrected chi connectivity index (χ3v) is 4.38. The zero-order chi connectivity index (χ0) is 12.6. The molecule has 0 radical (unpaired) electrons. The molecule has 1 heterocycles. The minimum absolute atomic E-state index is 0.475. The van der Waals surface area contributed by atoms with Crippen LogP contribution in [0.3, 0.4) is 0 Å². The summed E-state index contributed by atoms with van der Waals surface area (Å²) >= 11 is 0. The highest BCUT2D eigenvalue weighted by atomic mass is 16.5. The molecule has 3 rings (SSSR count). The molecule has 2 nitrogen and oxygen atoms in total. The molecular weight excluding hydrogens is 222 g/mol. The van der Waals surface area contributed by atoms with Crippen molar-refractivity contribution in [3.63, 3.8) is 0 Å². The van der Waals surface area contributed by atoms with Crippen molar-refractivity contribution in [3.05, 3.63) is 29.3 Å². The molecule has 1 N–H and O–H groups in total. The summed E-state index contributed by atoms with van der Waals surface area (Å²) in [7, 11) is 0. The van der Waals surface area contributed by atoms with Crippen LogP contribution in [0.4, 0.5) is 0 Å². The van der Waals surface area contributed by atoms with Crippen molar-refractivity contribution >= 4 is 0 Å². The highest BCUT2D eigenvalue weighted by Crippen LogP contribution is 2.54. The van der Waals surface area contributed by atoms with Crippen molar-refractivity contribution in [1.29, 1.82) is 0 Å². The molecule has 18 heavy (non-hydrogen) atoms. The monoisotopic (exact) mass is 245 g/mol. The van der Waals surface area contributed by atoms with Gasteiger partial charge in [0.05, 0.1) is 6.61 Å². The van der Waals surface area contributed by atoms with E-state index in [4.69, 9.17) is 4.74 Å². The highest BCUT2D eigenvalue weighted by molar-refractivity contribution is 5.41. The Morgan fingerprint density at radius 1 is 1.39 bits per heavy atom. The molecule has 0 aromatic heterocycles. The van der Waals surface area contributed by atoms with Gasteiger partial charge in [-0.15, -0.1) is 0 Å². The zero-order valence-electron chi connectivity index (χ0n) is 11.5. The van der Waals surface area contributed by atoms with E-state index in [0.717, 1.165) is 25.3 Å². The van der Waals surface area contributed by atoms with Crippen LogP contribution < -0.4 is 10.1 Å². The highest BCUT2D eigenvalue weighted by Gasteiger charge is 2.45. The van der Waals surface area contributed by atoms with Gasteiger partial charge in [-0.2, -0.15) is 0 Å². The zero-order valence-corrected chi connectivity index (χ0v) is 11.5. The number of hydrogen-bond acceptors (Lipinski definition) is 2. The van der Waals surface area contributed by atoms with E-state index in [9.17, 15) is 0 Å². The molecule has 1 aromatic rings. The summed E-state index contributed by atoms with van der Waals surface area (Å²) in [5, 5.41) is 3.74. The number of hydrogen-bond donors (Lipinski definition) is 1. The number of rotatable bonds is 5. The molecule has 1 fully saturated rings. The lowest BCUT2D eigenvalue weighted by Gasteiger charge is -2.26. The van der Waals surface area contributed by atoms with Gasteiger partial charge in [0, 0.05) is 12.5 Å². The Labute approximate surface area is 110 Å². The first-order valence-electron chi connectivity index (χ1n) is 7.22. The Morgan fingerprint density at radius 3 is 2.94 bits per heavy atom.